The van der Waals surface area contributed by atoms with Crippen molar-refractivity contribution in [2.24, 2.45) is 5.92 Å². The molecule has 2 unspecified atom stereocenters. The fraction of sp³-hybridized carbons (Fsp3) is 0.500. The number of fused-ring (bicyclic) bond motifs is 1. The number of ether oxygens (including phenoxy) is 1. The number of nitrogens with one attached hydrogen (secondary N) is 1. The van der Waals surface area contributed by atoms with E-state index in [0.717, 1.165) is 36.6 Å². The van der Waals surface area contributed by atoms with Crippen LogP contribution in [0.3, 0.4) is 0 Å². The summed E-state index contributed by atoms with van der Waals surface area (Å²) in [6.45, 7) is 2.19. The Bertz CT molecular complexity index is 650. The number of aromatic nitrogens is 2. The molecule has 1 fully saturated rings. The van der Waals surface area contributed by atoms with Crippen LogP contribution in [-0.2, 0) is 4.74 Å². The third-order valence-electron chi connectivity index (χ3n) is 4.37. The monoisotopic (exact) mass is 287 g/mol. The van der Waals surface area contributed by atoms with Gasteiger partial charge in [-0.3, -0.25) is 5.10 Å². The molecule has 3 rings (SSSR count). The Hall–Kier alpha value is -2.04. The first-order chi connectivity index (χ1) is 10.2. The van der Waals surface area contributed by atoms with Gasteiger partial charge in [-0.25, -0.2) is 4.79 Å². The number of nitrogen functional groups attached to an aromatic ring is 1. The topological polar surface area (TPSA) is 81.0 Å². The molecule has 0 aliphatic heterocycles. The Labute approximate surface area is 123 Å². The average Bonchev–Trinajstić information content (AvgIpc) is 2.90. The van der Waals surface area contributed by atoms with Gasteiger partial charge in [-0.1, -0.05) is 19.8 Å². The average molecular weight is 287 g/mol. The van der Waals surface area contributed by atoms with Crippen LogP contribution in [0.2, 0.25) is 0 Å². The van der Waals surface area contributed by atoms with E-state index in [2.05, 4.69) is 17.1 Å². The number of esters is 1. The first-order valence-corrected chi connectivity index (χ1v) is 7.62. The van der Waals surface area contributed by atoms with Gasteiger partial charge in [0.2, 0.25) is 0 Å². The van der Waals surface area contributed by atoms with Crippen molar-refractivity contribution >= 4 is 22.6 Å². The summed E-state index contributed by atoms with van der Waals surface area (Å²) in [7, 11) is 0. The summed E-state index contributed by atoms with van der Waals surface area (Å²) < 4.78 is 5.65. The fourth-order valence-corrected chi connectivity index (χ4v) is 3.11. The third-order valence-corrected chi connectivity index (χ3v) is 4.37. The second-order valence-corrected chi connectivity index (χ2v) is 5.85. The van der Waals surface area contributed by atoms with E-state index in [1.54, 1.807) is 12.1 Å². The summed E-state index contributed by atoms with van der Waals surface area (Å²) in [6.07, 6.45) is 5.45. The highest BCUT2D eigenvalue weighted by molar-refractivity contribution is 6.02. The summed E-state index contributed by atoms with van der Waals surface area (Å²) >= 11 is 0. The molecule has 1 aromatic heterocycles. The molecule has 1 aliphatic carbocycles. The Balaban J connectivity index is 1.76. The van der Waals surface area contributed by atoms with Crippen molar-refractivity contribution in [1.82, 2.24) is 10.2 Å². The smallest absolute Gasteiger partial charge is 0.359 e. The summed E-state index contributed by atoms with van der Waals surface area (Å²) in [4.78, 5) is 12.3. The minimum atomic E-state index is -0.353. The number of benzene rings is 1. The summed E-state index contributed by atoms with van der Waals surface area (Å²) in [5, 5.41) is 7.66. The quantitative estimate of drug-likeness (QED) is 0.670. The zero-order valence-electron chi connectivity index (χ0n) is 12.3. The van der Waals surface area contributed by atoms with Crippen LogP contribution in [-0.4, -0.2) is 22.3 Å². The van der Waals surface area contributed by atoms with Gasteiger partial charge in [0.25, 0.3) is 0 Å². The lowest BCUT2D eigenvalue weighted by Crippen LogP contribution is -2.25. The molecule has 5 nitrogen and oxygen atoms in total. The van der Waals surface area contributed by atoms with Gasteiger partial charge in [0.05, 0.1) is 5.52 Å². The lowest BCUT2D eigenvalue weighted by Gasteiger charge is -2.27. The minimum absolute atomic E-state index is 0.0176. The molecule has 0 spiro atoms. The predicted octanol–water partition coefficient (Wildman–Crippen LogP) is 3.27. The summed E-state index contributed by atoms with van der Waals surface area (Å²) in [6, 6.07) is 5.36. The molecule has 0 radical (unpaired) electrons. The molecule has 2 atom stereocenters. The zero-order chi connectivity index (χ0) is 14.8. The largest absolute Gasteiger partial charge is 0.458 e. The molecular weight excluding hydrogens is 266 g/mol. The van der Waals surface area contributed by atoms with Gasteiger partial charge in [-0.15, -0.1) is 0 Å². The number of carbonyl (C=O) groups excluding carboxylic acids is 1. The number of H-pyrrole nitrogens is 1. The number of hydrogen-bond donors (Lipinski definition) is 2. The number of hydrogen-bond acceptors (Lipinski definition) is 4. The molecule has 3 N–H and O–H groups in total. The van der Waals surface area contributed by atoms with Crippen LogP contribution in [0.5, 0.6) is 0 Å². The van der Waals surface area contributed by atoms with Crippen molar-refractivity contribution in [3.05, 3.63) is 23.9 Å². The van der Waals surface area contributed by atoms with Gasteiger partial charge in [-0.2, -0.15) is 5.10 Å². The molecule has 1 aromatic carbocycles. The van der Waals surface area contributed by atoms with Crippen LogP contribution in [0.15, 0.2) is 18.2 Å². The van der Waals surface area contributed by atoms with Gasteiger partial charge in [0.15, 0.2) is 5.69 Å². The van der Waals surface area contributed by atoms with Crippen LogP contribution in [0, 0.1) is 5.92 Å². The van der Waals surface area contributed by atoms with E-state index in [-0.39, 0.29) is 12.1 Å². The van der Waals surface area contributed by atoms with Crippen molar-refractivity contribution in [2.75, 3.05) is 5.73 Å². The Morgan fingerprint density at radius 1 is 1.48 bits per heavy atom. The van der Waals surface area contributed by atoms with Gasteiger partial charge in [0.1, 0.15) is 6.10 Å². The fourth-order valence-electron chi connectivity index (χ4n) is 3.11. The molecule has 0 amide bonds. The first-order valence-electron chi connectivity index (χ1n) is 7.62. The Kier molecular flexibility index (Phi) is 3.82. The molecule has 0 saturated heterocycles. The van der Waals surface area contributed by atoms with Crippen LogP contribution < -0.4 is 5.73 Å². The minimum Gasteiger partial charge on any atom is -0.458 e. The van der Waals surface area contributed by atoms with E-state index < -0.39 is 0 Å². The van der Waals surface area contributed by atoms with E-state index in [1.807, 2.05) is 6.07 Å². The van der Waals surface area contributed by atoms with E-state index in [9.17, 15) is 4.79 Å². The normalized spacial score (nSPS) is 22.3. The SMILES string of the molecule is CCC1CCCC(OC(=O)c2n[nH]c3ccc(N)cc23)C1. The van der Waals surface area contributed by atoms with Gasteiger partial charge in [-0.05, 0) is 43.4 Å². The van der Waals surface area contributed by atoms with Crippen LogP contribution in [0.1, 0.15) is 49.5 Å². The molecule has 5 heteroatoms. The van der Waals surface area contributed by atoms with Gasteiger partial charge < -0.3 is 10.5 Å². The summed E-state index contributed by atoms with van der Waals surface area (Å²) in [5.41, 5.74) is 7.52. The molecule has 1 saturated carbocycles. The van der Waals surface area contributed by atoms with Crippen molar-refractivity contribution in [3.8, 4) is 0 Å². The maximum absolute atomic E-state index is 12.3. The number of anilines is 1. The van der Waals surface area contributed by atoms with Crippen molar-refractivity contribution < 1.29 is 9.53 Å². The second kappa shape index (κ2) is 5.76. The number of nitrogens with zero attached hydrogens (tertiary/aromatic N) is 1. The van der Waals surface area contributed by atoms with Crippen LogP contribution in [0.25, 0.3) is 10.9 Å². The lowest BCUT2D eigenvalue weighted by molar-refractivity contribution is 0.0135. The van der Waals surface area contributed by atoms with Crippen LogP contribution in [0.4, 0.5) is 5.69 Å². The molecule has 1 heterocycles. The van der Waals surface area contributed by atoms with Crippen molar-refractivity contribution in [2.45, 2.75) is 45.1 Å². The Morgan fingerprint density at radius 3 is 3.14 bits per heavy atom. The Morgan fingerprint density at radius 2 is 2.33 bits per heavy atom. The van der Waals surface area contributed by atoms with Gasteiger partial charge >= 0.3 is 5.97 Å². The maximum atomic E-state index is 12.3. The van der Waals surface area contributed by atoms with E-state index in [0.29, 0.717) is 17.3 Å². The highest BCUT2D eigenvalue weighted by atomic mass is 16.5. The first kappa shape index (κ1) is 13.9. The number of aromatic amines is 1. The second-order valence-electron chi connectivity index (χ2n) is 5.85. The van der Waals surface area contributed by atoms with Gasteiger partial charge in [0, 0.05) is 11.1 Å². The number of rotatable bonds is 3. The molecule has 112 valence electrons. The van der Waals surface area contributed by atoms with E-state index >= 15 is 0 Å². The van der Waals surface area contributed by atoms with Crippen molar-refractivity contribution in [3.63, 3.8) is 0 Å². The third kappa shape index (κ3) is 2.86. The number of nitrogens with two attached hydrogens (primary N) is 1. The highest BCUT2D eigenvalue weighted by Crippen LogP contribution is 2.29. The molecule has 1 aliphatic rings. The van der Waals surface area contributed by atoms with Crippen LogP contribution >= 0.6 is 0 Å². The molecular formula is C16H21N3O2. The highest BCUT2D eigenvalue weighted by Gasteiger charge is 2.26. The predicted molar refractivity (Wildman–Crippen MR) is 82.0 cm³/mol. The summed E-state index contributed by atoms with van der Waals surface area (Å²) in [5.74, 6) is 0.316. The van der Waals surface area contributed by atoms with Crippen molar-refractivity contribution in [1.29, 1.82) is 0 Å². The lowest BCUT2D eigenvalue weighted by atomic mass is 9.85. The van der Waals surface area contributed by atoms with E-state index in [1.165, 1.54) is 6.42 Å². The zero-order valence-corrected chi connectivity index (χ0v) is 12.3. The van der Waals surface area contributed by atoms with E-state index in [4.69, 9.17) is 10.5 Å². The standard InChI is InChI=1S/C16H21N3O2/c1-2-10-4-3-5-12(8-10)21-16(20)15-13-9-11(17)6-7-14(13)18-19-15/h6-7,9-10,12H,2-5,8,17H2,1H3,(H,18,19). The number of carbonyl (C=O) groups is 1. The molecule has 2 aromatic rings. The molecule has 0 bridgehead atoms. The maximum Gasteiger partial charge on any atom is 0.359 e. The molecule has 21 heavy (non-hydrogen) atoms.